The predicted octanol–water partition coefficient (Wildman–Crippen LogP) is 2.34. The van der Waals surface area contributed by atoms with Gasteiger partial charge in [0.1, 0.15) is 0 Å². The van der Waals surface area contributed by atoms with Crippen molar-refractivity contribution in [2.75, 3.05) is 0 Å². The Kier molecular flexibility index (Phi) is 2.00. The van der Waals surface area contributed by atoms with E-state index < -0.39 is 0 Å². The second-order valence-corrected chi connectivity index (χ2v) is 3.46. The molecule has 1 aromatic carbocycles. The molecule has 0 heterocycles. The van der Waals surface area contributed by atoms with Crippen LogP contribution in [0.1, 0.15) is 29.9 Å². The molecule has 68 valence electrons. The van der Waals surface area contributed by atoms with Gasteiger partial charge in [0, 0.05) is 10.5 Å². The molecule has 3 nitrogen and oxygen atoms in total. The van der Waals surface area contributed by atoms with Gasteiger partial charge in [0.05, 0.1) is 0 Å². The van der Waals surface area contributed by atoms with Crippen molar-refractivity contribution >= 4 is 0 Å². The van der Waals surface area contributed by atoms with Crippen molar-refractivity contribution in [3.05, 3.63) is 45.5 Å². The maximum atomic E-state index is 10.4. The minimum Gasteiger partial charge on any atom is -0.264 e. The van der Waals surface area contributed by atoms with Crippen LogP contribution in [0.15, 0.2) is 24.3 Å². The van der Waals surface area contributed by atoms with Crippen molar-refractivity contribution in [1.82, 2.24) is 0 Å². The molecule has 3 heteroatoms. The maximum absolute atomic E-state index is 10.4. The zero-order valence-electron chi connectivity index (χ0n) is 7.27. The van der Waals surface area contributed by atoms with Gasteiger partial charge < -0.3 is 0 Å². The second-order valence-electron chi connectivity index (χ2n) is 3.46. The zero-order valence-corrected chi connectivity index (χ0v) is 7.27. The van der Waals surface area contributed by atoms with Crippen LogP contribution in [0.3, 0.4) is 0 Å². The molecule has 0 spiro atoms. The first kappa shape index (κ1) is 8.23. The Morgan fingerprint density at radius 1 is 1.38 bits per heavy atom. The van der Waals surface area contributed by atoms with Gasteiger partial charge in [-0.05, 0) is 24.3 Å². The molecule has 0 radical (unpaired) electrons. The summed E-state index contributed by atoms with van der Waals surface area (Å²) in [5.41, 5.74) is 2.06. The molecule has 1 aliphatic carbocycles. The van der Waals surface area contributed by atoms with Gasteiger partial charge in [-0.15, -0.1) is 0 Å². The fourth-order valence-electron chi connectivity index (χ4n) is 1.61. The molecule has 0 N–H and O–H groups in total. The Morgan fingerprint density at radius 3 is 2.69 bits per heavy atom. The molecule has 0 amide bonds. The highest BCUT2D eigenvalue weighted by Gasteiger charge is 2.26. The molecule has 1 aliphatic rings. The Hall–Kier alpha value is -1.38. The summed E-state index contributed by atoms with van der Waals surface area (Å²) < 4.78 is 0. The van der Waals surface area contributed by atoms with E-state index in [-0.39, 0.29) is 11.5 Å². The lowest BCUT2D eigenvalue weighted by Gasteiger charge is -2.03. The predicted molar refractivity (Wildman–Crippen MR) is 49.1 cm³/mol. The molecule has 1 saturated carbocycles. The first-order valence-corrected chi connectivity index (χ1v) is 4.47. The van der Waals surface area contributed by atoms with Crippen LogP contribution in [0.25, 0.3) is 0 Å². The van der Waals surface area contributed by atoms with E-state index in [0.29, 0.717) is 5.92 Å². The molecule has 1 aromatic rings. The van der Waals surface area contributed by atoms with Crippen molar-refractivity contribution in [3.63, 3.8) is 0 Å². The van der Waals surface area contributed by atoms with Crippen LogP contribution < -0.4 is 0 Å². The number of benzene rings is 1. The minimum absolute atomic E-state index is 0.0350. The van der Waals surface area contributed by atoms with Gasteiger partial charge in [-0.3, -0.25) is 10.1 Å². The fourth-order valence-corrected chi connectivity index (χ4v) is 1.61. The molecule has 0 atom stereocenters. The number of rotatable bonds is 3. The summed E-state index contributed by atoms with van der Waals surface area (Å²) in [6, 6.07) is 7.69. The highest BCUT2D eigenvalue weighted by molar-refractivity contribution is 5.32. The SMILES string of the molecule is O=[N+]([O-])Cc1ccccc1C1CC1. The van der Waals surface area contributed by atoms with Gasteiger partial charge in [-0.2, -0.15) is 0 Å². The highest BCUT2D eigenvalue weighted by atomic mass is 16.6. The van der Waals surface area contributed by atoms with E-state index in [4.69, 9.17) is 0 Å². The maximum Gasteiger partial charge on any atom is 0.229 e. The number of nitrogens with zero attached hydrogens (tertiary/aromatic N) is 1. The van der Waals surface area contributed by atoms with Crippen LogP contribution in [0.5, 0.6) is 0 Å². The van der Waals surface area contributed by atoms with Crippen molar-refractivity contribution < 1.29 is 4.92 Å². The standard InChI is InChI=1S/C10H11NO2/c12-11(13)7-9-3-1-2-4-10(9)8-5-6-8/h1-4,8H,5-7H2. The summed E-state index contributed by atoms with van der Waals surface area (Å²) in [5, 5.41) is 10.4. The van der Waals surface area contributed by atoms with E-state index in [1.807, 2.05) is 24.3 Å². The number of hydrogen-bond acceptors (Lipinski definition) is 2. The molecular formula is C10H11NO2. The zero-order chi connectivity index (χ0) is 9.26. The average molecular weight is 177 g/mol. The van der Waals surface area contributed by atoms with Crippen LogP contribution in [0, 0.1) is 10.1 Å². The van der Waals surface area contributed by atoms with Crippen LogP contribution in [0.2, 0.25) is 0 Å². The summed E-state index contributed by atoms with van der Waals surface area (Å²) in [7, 11) is 0. The van der Waals surface area contributed by atoms with E-state index >= 15 is 0 Å². The molecule has 13 heavy (non-hydrogen) atoms. The lowest BCUT2D eigenvalue weighted by atomic mass is 10.0. The Bertz CT molecular complexity index is 331. The third-order valence-electron chi connectivity index (χ3n) is 2.37. The lowest BCUT2D eigenvalue weighted by molar-refractivity contribution is -0.496. The third-order valence-corrected chi connectivity index (χ3v) is 2.37. The van der Waals surface area contributed by atoms with E-state index in [2.05, 4.69) is 0 Å². The second kappa shape index (κ2) is 3.17. The Morgan fingerprint density at radius 2 is 2.08 bits per heavy atom. The van der Waals surface area contributed by atoms with Crippen LogP contribution in [-0.4, -0.2) is 4.92 Å². The number of nitro groups is 1. The van der Waals surface area contributed by atoms with Crippen molar-refractivity contribution in [2.24, 2.45) is 0 Å². The van der Waals surface area contributed by atoms with E-state index in [9.17, 15) is 10.1 Å². The first-order chi connectivity index (χ1) is 6.27. The quantitative estimate of drug-likeness (QED) is 0.525. The van der Waals surface area contributed by atoms with E-state index in [0.717, 1.165) is 5.56 Å². The molecule has 0 aromatic heterocycles. The van der Waals surface area contributed by atoms with Crippen molar-refractivity contribution in [1.29, 1.82) is 0 Å². The van der Waals surface area contributed by atoms with Gasteiger partial charge in [-0.25, -0.2) is 0 Å². The average Bonchev–Trinajstić information content (AvgIpc) is 2.87. The van der Waals surface area contributed by atoms with Gasteiger partial charge in [0.15, 0.2) is 0 Å². The Labute approximate surface area is 76.5 Å². The summed E-state index contributed by atoms with van der Waals surface area (Å²) in [6.45, 7) is -0.0350. The smallest absolute Gasteiger partial charge is 0.229 e. The number of hydrogen-bond donors (Lipinski definition) is 0. The summed E-state index contributed by atoms with van der Waals surface area (Å²) in [4.78, 5) is 10.1. The summed E-state index contributed by atoms with van der Waals surface area (Å²) >= 11 is 0. The van der Waals surface area contributed by atoms with Crippen LogP contribution in [-0.2, 0) is 6.54 Å². The van der Waals surface area contributed by atoms with E-state index in [1.165, 1.54) is 18.4 Å². The topological polar surface area (TPSA) is 43.1 Å². The van der Waals surface area contributed by atoms with Crippen LogP contribution in [0.4, 0.5) is 0 Å². The van der Waals surface area contributed by atoms with Crippen molar-refractivity contribution in [3.8, 4) is 0 Å². The normalized spacial score (nSPS) is 15.7. The molecular weight excluding hydrogens is 166 g/mol. The summed E-state index contributed by atoms with van der Waals surface area (Å²) in [6.07, 6.45) is 2.38. The molecule has 2 rings (SSSR count). The largest absolute Gasteiger partial charge is 0.264 e. The monoisotopic (exact) mass is 177 g/mol. The molecule has 1 fully saturated rings. The van der Waals surface area contributed by atoms with Gasteiger partial charge in [0.25, 0.3) is 0 Å². The molecule has 0 saturated heterocycles. The van der Waals surface area contributed by atoms with Crippen LogP contribution >= 0.6 is 0 Å². The summed E-state index contributed by atoms with van der Waals surface area (Å²) in [5.74, 6) is 0.594. The molecule has 0 aliphatic heterocycles. The highest BCUT2D eigenvalue weighted by Crippen LogP contribution is 2.41. The van der Waals surface area contributed by atoms with Gasteiger partial charge >= 0.3 is 0 Å². The van der Waals surface area contributed by atoms with E-state index in [1.54, 1.807) is 0 Å². The minimum atomic E-state index is -0.263. The van der Waals surface area contributed by atoms with Gasteiger partial charge in [0.2, 0.25) is 6.54 Å². The molecule has 0 unspecified atom stereocenters. The first-order valence-electron chi connectivity index (χ1n) is 4.47. The Balaban J connectivity index is 2.26. The van der Waals surface area contributed by atoms with Gasteiger partial charge in [-0.1, -0.05) is 24.3 Å². The third kappa shape index (κ3) is 1.86. The lowest BCUT2D eigenvalue weighted by Crippen LogP contribution is -2.01. The van der Waals surface area contributed by atoms with Crippen molar-refractivity contribution in [2.45, 2.75) is 25.3 Å². The molecule has 0 bridgehead atoms. The fraction of sp³-hybridized carbons (Fsp3) is 0.400.